The van der Waals surface area contributed by atoms with Crippen LogP contribution in [0.4, 0.5) is 0 Å². The van der Waals surface area contributed by atoms with E-state index in [0.29, 0.717) is 6.54 Å². The van der Waals surface area contributed by atoms with Gasteiger partial charge in [0.05, 0.1) is 20.6 Å². The number of rotatable bonds is 12. The Morgan fingerprint density at radius 3 is 2.43 bits per heavy atom. The topological polar surface area (TPSA) is 125 Å². The maximum absolute atomic E-state index is 12.0. The second-order valence-electron chi connectivity index (χ2n) is 6.18. The highest BCUT2D eigenvalue weighted by Gasteiger charge is 2.18. The molecule has 7 heteroatoms. The number of nitrogens with two attached hydrogens (primary N) is 2. The van der Waals surface area contributed by atoms with Crippen LogP contribution < -0.4 is 32.7 Å². The number of carbonyl (C=O) groups is 1. The lowest BCUT2D eigenvalue weighted by molar-refractivity contribution is -0.858. The molecule has 7 nitrogen and oxygen atoms in total. The molecule has 1 amide bonds. The van der Waals surface area contributed by atoms with Gasteiger partial charge >= 0.3 is 0 Å². The van der Waals surface area contributed by atoms with Crippen LogP contribution in [0.25, 0.3) is 0 Å². The molecular weight excluding hydrogens is 268 g/mol. The van der Waals surface area contributed by atoms with Crippen molar-refractivity contribution < 1.29 is 15.4 Å². The fraction of sp³-hybridized carbons (Fsp3) is 0.929. The molecule has 0 saturated carbocycles. The molecule has 0 spiro atoms. The molecule has 10 N–H and O–H groups in total. The van der Waals surface area contributed by atoms with Crippen LogP contribution in [0.15, 0.2) is 0 Å². The van der Waals surface area contributed by atoms with Gasteiger partial charge in [-0.3, -0.25) is 10.1 Å². The van der Waals surface area contributed by atoms with Gasteiger partial charge in [0, 0.05) is 12.5 Å². The van der Waals surface area contributed by atoms with Crippen LogP contribution in [0.2, 0.25) is 0 Å². The Balaban J connectivity index is 3.69. The number of unbranched alkanes of at least 4 members (excludes halogenated alkanes) is 1. The van der Waals surface area contributed by atoms with Gasteiger partial charge in [0.1, 0.15) is 6.29 Å². The van der Waals surface area contributed by atoms with Crippen molar-refractivity contribution in [2.24, 2.45) is 11.5 Å². The average molecular weight is 304 g/mol. The molecule has 0 unspecified atom stereocenters. The summed E-state index contributed by atoms with van der Waals surface area (Å²) in [5.74, 6) is 0.0396. The van der Waals surface area contributed by atoms with Crippen molar-refractivity contribution in [1.82, 2.24) is 10.6 Å². The Bertz CT molecular complexity index is 272. The molecule has 2 atom stereocenters. The van der Waals surface area contributed by atoms with Crippen LogP contribution in [-0.4, -0.2) is 51.5 Å². The third kappa shape index (κ3) is 12.7. The SMILES string of the molecule is C[C@H](CCCC[NH+](C)C)NC(=O)[C@@H]([NH3+])CCCNC(N)N. The Labute approximate surface area is 129 Å². The molecule has 126 valence electrons. The molecule has 21 heavy (non-hydrogen) atoms. The highest BCUT2D eigenvalue weighted by atomic mass is 16.2. The van der Waals surface area contributed by atoms with Gasteiger partial charge in [-0.2, -0.15) is 0 Å². The lowest BCUT2D eigenvalue weighted by atomic mass is 10.1. The van der Waals surface area contributed by atoms with E-state index in [1.54, 1.807) is 0 Å². The second kappa shape index (κ2) is 11.9. The smallest absolute Gasteiger partial charge is 0.278 e. The minimum Gasteiger partial charge on any atom is -0.348 e. The summed E-state index contributed by atoms with van der Waals surface area (Å²) in [7, 11) is 4.32. The van der Waals surface area contributed by atoms with E-state index in [9.17, 15) is 4.79 Å². The minimum absolute atomic E-state index is 0.0396. The molecule has 0 aliphatic heterocycles. The van der Waals surface area contributed by atoms with E-state index >= 15 is 0 Å². The third-order valence-corrected chi connectivity index (χ3v) is 3.43. The van der Waals surface area contributed by atoms with E-state index in [1.807, 2.05) is 0 Å². The van der Waals surface area contributed by atoms with Gasteiger partial charge in [-0.25, -0.2) is 0 Å². The van der Waals surface area contributed by atoms with Crippen molar-refractivity contribution in [3.8, 4) is 0 Å². The molecule has 0 heterocycles. The second-order valence-corrected chi connectivity index (χ2v) is 6.18. The Kier molecular flexibility index (Phi) is 11.5. The number of hydrogen-bond donors (Lipinski definition) is 6. The molecule has 0 aromatic carbocycles. The van der Waals surface area contributed by atoms with Crippen LogP contribution >= 0.6 is 0 Å². The largest absolute Gasteiger partial charge is 0.348 e. The normalized spacial score (nSPS) is 14.5. The Hall–Kier alpha value is -0.730. The Morgan fingerprint density at radius 2 is 1.86 bits per heavy atom. The first-order chi connectivity index (χ1) is 9.82. The van der Waals surface area contributed by atoms with Crippen LogP contribution in [-0.2, 0) is 4.79 Å². The first-order valence-corrected chi connectivity index (χ1v) is 8.00. The molecule has 0 aliphatic carbocycles. The zero-order chi connectivity index (χ0) is 16.3. The highest BCUT2D eigenvalue weighted by Crippen LogP contribution is 2.00. The molecule has 0 rings (SSSR count). The molecule has 0 saturated heterocycles. The van der Waals surface area contributed by atoms with Crippen molar-refractivity contribution >= 4 is 5.91 Å². The number of amides is 1. The summed E-state index contributed by atoms with van der Waals surface area (Å²) >= 11 is 0. The van der Waals surface area contributed by atoms with E-state index in [2.05, 4.69) is 37.4 Å². The summed E-state index contributed by atoms with van der Waals surface area (Å²) in [6.07, 6.45) is 4.45. The van der Waals surface area contributed by atoms with E-state index in [0.717, 1.165) is 25.7 Å². The van der Waals surface area contributed by atoms with Gasteiger partial charge in [0.2, 0.25) is 0 Å². The van der Waals surface area contributed by atoms with Crippen LogP contribution in [0.1, 0.15) is 39.0 Å². The van der Waals surface area contributed by atoms with Gasteiger partial charge in [-0.1, -0.05) is 0 Å². The quantitative estimate of drug-likeness (QED) is 0.170. The molecule has 0 aromatic heterocycles. The van der Waals surface area contributed by atoms with Gasteiger partial charge in [-0.05, 0) is 39.2 Å². The van der Waals surface area contributed by atoms with Gasteiger partial charge in [0.25, 0.3) is 5.91 Å². The molecule has 0 radical (unpaired) electrons. The van der Waals surface area contributed by atoms with Crippen LogP contribution in [0, 0.1) is 0 Å². The summed E-state index contributed by atoms with van der Waals surface area (Å²) in [4.78, 5) is 13.4. The summed E-state index contributed by atoms with van der Waals surface area (Å²) in [5.41, 5.74) is 14.7. The fourth-order valence-electron chi connectivity index (χ4n) is 2.11. The third-order valence-electron chi connectivity index (χ3n) is 3.43. The number of hydrogen-bond acceptors (Lipinski definition) is 4. The van der Waals surface area contributed by atoms with Gasteiger partial charge < -0.3 is 27.4 Å². The van der Waals surface area contributed by atoms with Crippen molar-refractivity contribution in [2.45, 2.75) is 57.4 Å². The molecule has 0 fully saturated rings. The monoisotopic (exact) mass is 304 g/mol. The zero-order valence-corrected chi connectivity index (χ0v) is 14.0. The predicted molar refractivity (Wildman–Crippen MR) is 85.2 cm³/mol. The van der Waals surface area contributed by atoms with Crippen LogP contribution in [0.5, 0.6) is 0 Å². The fourth-order valence-corrected chi connectivity index (χ4v) is 2.11. The Morgan fingerprint density at radius 1 is 1.19 bits per heavy atom. The first-order valence-electron chi connectivity index (χ1n) is 8.00. The maximum Gasteiger partial charge on any atom is 0.278 e. The summed E-state index contributed by atoms with van der Waals surface area (Å²) in [5, 5.41) is 5.96. The van der Waals surface area contributed by atoms with Crippen molar-refractivity contribution in [1.29, 1.82) is 0 Å². The molecule has 0 aliphatic rings. The van der Waals surface area contributed by atoms with E-state index in [4.69, 9.17) is 11.5 Å². The molecule has 0 bridgehead atoms. The average Bonchev–Trinajstić information content (AvgIpc) is 2.39. The number of carbonyl (C=O) groups excluding carboxylic acids is 1. The first kappa shape index (κ1) is 20.3. The van der Waals surface area contributed by atoms with Crippen molar-refractivity contribution in [3.63, 3.8) is 0 Å². The highest BCUT2D eigenvalue weighted by molar-refractivity contribution is 5.80. The van der Waals surface area contributed by atoms with E-state index in [1.165, 1.54) is 17.9 Å². The van der Waals surface area contributed by atoms with E-state index in [-0.39, 0.29) is 18.0 Å². The van der Waals surface area contributed by atoms with Crippen molar-refractivity contribution in [3.05, 3.63) is 0 Å². The number of nitrogens with one attached hydrogen (secondary N) is 3. The molecule has 0 aromatic rings. The molecular formula is C14H36N6O+2. The predicted octanol–water partition coefficient (Wildman–Crippen LogP) is -3.01. The maximum atomic E-state index is 12.0. The van der Waals surface area contributed by atoms with Gasteiger partial charge in [0.15, 0.2) is 6.04 Å². The van der Waals surface area contributed by atoms with Crippen LogP contribution in [0.3, 0.4) is 0 Å². The lowest BCUT2D eigenvalue weighted by Crippen LogP contribution is -3.05. The minimum atomic E-state index is -0.494. The summed E-state index contributed by atoms with van der Waals surface area (Å²) in [6, 6.07) is 0.00368. The zero-order valence-electron chi connectivity index (χ0n) is 14.0. The summed E-state index contributed by atoms with van der Waals surface area (Å²) < 4.78 is 0. The lowest BCUT2D eigenvalue weighted by Gasteiger charge is -2.16. The van der Waals surface area contributed by atoms with Gasteiger partial charge in [-0.15, -0.1) is 0 Å². The summed E-state index contributed by atoms with van der Waals surface area (Å²) in [6.45, 7) is 3.94. The van der Waals surface area contributed by atoms with Crippen molar-refractivity contribution in [2.75, 3.05) is 27.2 Å². The number of quaternary nitrogens is 2. The standard InChI is InChI=1S/C14H34N6O/c1-11(7-4-5-10-20(2)3)19-13(21)12(15)8-6-9-18-14(16)17/h11-12,14,18H,4-10,15-17H2,1-3H3,(H,19,21)/p+2/t11-,12+/m1/s1. The van der Waals surface area contributed by atoms with E-state index < -0.39 is 6.29 Å².